The Balaban J connectivity index is 2.03. The molecule has 0 spiro atoms. The number of rotatable bonds is 3. The molecular weight excluding hydrogens is 290 g/mol. The zero-order chi connectivity index (χ0) is 13.1. The van der Waals surface area contributed by atoms with Gasteiger partial charge in [-0.1, -0.05) is 0 Å². The minimum absolute atomic E-state index is 0.627. The fourth-order valence-corrected chi connectivity index (χ4v) is 2.87. The molecule has 0 aliphatic heterocycles. The first-order valence-electron chi connectivity index (χ1n) is 6.64. The van der Waals surface area contributed by atoms with E-state index in [0.717, 1.165) is 10.3 Å². The number of anilines is 1. The number of nitrogens with zero attached hydrogens (tertiary/aromatic N) is 2. The van der Waals surface area contributed by atoms with Crippen molar-refractivity contribution in [2.45, 2.75) is 44.7 Å². The molecule has 3 nitrogen and oxygen atoms in total. The second kappa shape index (κ2) is 6.02. The van der Waals surface area contributed by atoms with Gasteiger partial charge in [0.05, 0.1) is 0 Å². The number of hydrogen-bond donors (Lipinski definition) is 1. The predicted octanol–water partition coefficient (Wildman–Crippen LogP) is 3.12. The molecule has 4 heteroatoms. The van der Waals surface area contributed by atoms with Crippen molar-refractivity contribution in [3.63, 3.8) is 0 Å². The summed E-state index contributed by atoms with van der Waals surface area (Å²) in [5.74, 6) is 1.09. The largest absolute Gasteiger partial charge is 0.357 e. The van der Waals surface area contributed by atoms with E-state index in [9.17, 15) is 0 Å². The van der Waals surface area contributed by atoms with Crippen LogP contribution >= 0.6 is 15.9 Å². The second-order valence-corrected chi connectivity index (χ2v) is 6.05. The van der Waals surface area contributed by atoms with Crippen molar-refractivity contribution in [1.82, 2.24) is 10.3 Å². The lowest BCUT2D eigenvalue weighted by Crippen LogP contribution is -2.40. The van der Waals surface area contributed by atoms with E-state index in [2.05, 4.69) is 58.2 Å². The first-order valence-corrected chi connectivity index (χ1v) is 7.43. The van der Waals surface area contributed by atoms with Crippen LogP contribution in [0.15, 0.2) is 16.7 Å². The molecule has 2 rings (SSSR count). The van der Waals surface area contributed by atoms with Gasteiger partial charge in [0.1, 0.15) is 5.82 Å². The van der Waals surface area contributed by atoms with Gasteiger partial charge in [-0.2, -0.15) is 0 Å². The summed E-state index contributed by atoms with van der Waals surface area (Å²) in [6.07, 6.45) is 6.93. The molecule has 0 aromatic carbocycles. The van der Waals surface area contributed by atoms with E-state index >= 15 is 0 Å². The molecule has 0 unspecified atom stereocenters. The third-order valence-electron chi connectivity index (χ3n) is 4.05. The summed E-state index contributed by atoms with van der Waals surface area (Å²) in [5, 5.41) is 3.38. The van der Waals surface area contributed by atoms with Gasteiger partial charge in [0.2, 0.25) is 0 Å². The highest BCUT2D eigenvalue weighted by atomic mass is 79.9. The maximum absolute atomic E-state index is 4.52. The molecule has 0 radical (unpaired) electrons. The minimum Gasteiger partial charge on any atom is -0.357 e. The van der Waals surface area contributed by atoms with E-state index in [4.69, 9.17) is 0 Å². The first kappa shape index (κ1) is 13.8. The lowest BCUT2D eigenvalue weighted by Gasteiger charge is -2.35. The van der Waals surface area contributed by atoms with E-state index in [0.29, 0.717) is 12.1 Å². The first-order chi connectivity index (χ1) is 8.61. The molecule has 1 aromatic heterocycles. The highest BCUT2D eigenvalue weighted by Gasteiger charge is 2.23. The number of pyridine rings is 1. The van der Waals surface area contributed by atoms with Gasteiger partial charge in [-0.05, 0) is 67.2 Å². The molecule has 100 valence electrons. The Labute approximate surface area is 118 Å². The van der Waals surface area contributed by atoms with Gasteiger partial charge >= 0.3 is 0 Å². The average molecular weight is 312 g/mol. The van der Waals surface area contributed by atoms with Crippen molar-refractivity contribution >= 4 is 21.7 Å². The number of aryl methyl sites for hydroxylation is 1. The standard InChI is InChI=1S/C14H22BrN3/c1-10-8-14(17-9-13(10)15)18(3)12-6-4-11(16-2)5-7-12/h8-9,11-12,16H,4-7H2,1-3H3. The average Bonchev–Trinajstić information content (AvgIpc) is 2.41. The molecule has 1 aliphatic carbocycles. The molecular formula is C14H22BrN3. The van der Waals surface area contributed by atoms with Crippen LogP contribution in [0, 0.1) is 6.92 Å². The normalized spacial score (nSPS) is 24.0. The molecule has 18 heavy (non-hydrogen) atoms. The summed E-state index contributed by atoms with van der Waals surface area (Å²) < 4.78 is 1.08. The zero-order valence-electron chi connectivity index (χ0n) is 11.4. The summed E-state index contributed by atoms with van der Waals surface area (Å²) in [7, 11) is 4.23. The topological polar surface area (TPSA) is 28.2 Å². The Hall–Kier alpha value is -0.610. The van der Waals surface area contributed by atoms with Gasteiger partial charge < -0.3 is 10.2 Å². The fourth-order valence-electron chi connectivity index (χ4n) is 2.66. The van der Waals surface area contributed by atoms with Gasteiger partial charge in [-0.15, -0.1) is 0 Å². The third kappa shape index (κ3) is 3.04. The van der Waals surface area contributed by atoms with Crippen LogP contribution in [-0.2, 0) is 0 Å². The SMILES string of the molecule is CNC1CCC(N(C)c2cc(C)c(Br)cn2)CC1. The van der Waals surface area contributed by atoms with Crippen molar-refractivity contribution in [2.75, 3.05) is 19.0 Å². The zero-order valence-corrected chi connectivity index (χ0v) is 13.0. The molecule has 0 amide bonds. The van der Waals surface area contributed by atoms with Gasteiger partial charge in [0.25, 0.3) is 0 Å². The number of aromatic nitrogens is 1. The molecule has 1 saturated carbocycles. The van der Waals surface area contributed by atoms with Crippen LogP contribution in [0.3, 0.4) is 0 Å². The third-order valence-corrected chi connectivity index (χ3v) is 4.88. The van der Waals surface area contributed by atoms with E-state index in [-0.39, 0.29) is 0 Å². The van der Waals surface area contributed by atoms with Crippen molar-refractivity contribution < 1.29 is 0 Å². The highest BCUT2D eigenvalue weighted by molar-refractivity contribution is 9.10. The van der Waals surface area contributed by atoms with E-state index in [1.807, 2.05) is 6.20 Å². The quantitative estimate of drug-likeness (QED) is 0.929. The van der Waals surface area contributed by atoms with Gasteiger partial charge in [0, 0.05) is 29.8 Å². The minimum atomic E-state index is 0.627. The van der Waals surface area contributed by atoms with Crippen molar-refractivity contribution in [3.05, 3.63) is 22.3 Å². The van der Waals surface area contributed by atoms with Crippen LogP contribution in [0.4, 0.5) is 5.82 Å². The van der Waals surface area contributed by atoms with Crippen LogP contribution in [-0.4, -0.2) is 31.2 Å². The molecule has 1 N–H and O–H groups in total. The number of halogens is 1. The number of hydrogen-bond acceptors (Lipinski definition) is 3. The smallest absolute Gasteiger partial charge is 0.128 e. The van der Waals surface area contributed by atoms with Crippen LogP contribution in [0.2, 0.25) is 0 Å². The molecule has 0 saturated heterocycles. The molecule has 1 aromatic rings. The van der Waals surface area contributed by atoms with Gasteiger partial charge in [-0.25, -0.2) is 4.98 Å². The van der Waals surface area contributed by atoms with E-state index in [1.54, 1.807) is 0 Å². The molecule has 1 aliphatic rings. The maximum atomic E-state index is 4.52. The van der Waals surface area contributed by atoms with Crippen LogP contribution in [0.1, 0.15) is 31.2 Å². The van der Waals surface area contributed by atoms with Crippen molar-refractivity contribution in [3.8, 4) is 0 Å². The summed E-state index contributed by atoms with van der Waals surface area (Å²) in [6.45, 7) is 2.11. The van der Waals surface area contributed by atoms with Crippen LogP contribution in [0.5, 0.6) is 0 Å². The molecule has 0 atom stereocenters. The highest BCUT2D eigenvalue weighted by Crippen LogP contribution is 2.27. The Morgan fingerprint density at radius 2 is 2.00 bits per heavy atom. The molecule has 1 fully saturated rings. The maximum Gasteiger partial charge on any atom is 0.128 e. The van der Waals surface area contributed by atoms with E-state index < -0.39 is 0 Å². The van der Waals surface area contributed by atoms with Gasteiger partial charge in [0.15, 0.2) is 0 Å². The lowest BCUT2D eigenvalue weighted by molar-refractivity contribution is 0.350. The summed E-state index contributed by atoms with van der Waals surface area (Å²) in [5.41, 5.74) is 1.25. The summed E-state index contributed by atoms with van der Waals surface area (Å²) in [6, 6.07) is 3.49. The van der Waals surface area contributed by atoms with E-state index in [1.165, 1.54) is 31.2 Å². The fraction of sp³-hybridized carbons (Fsp3) is 0.643. The monoisotopic (exact) mass is 311 g/mol. The molecule has 1 heterocycles. The summed E-state index contributed by atoms with van der Waals surface area (Å²) >= 11 is 3.50. The Morgan fingerprint density at radius 1 is 1.33 bits per heavy atom. The van der Waals surface area contributed by atoms with Crippen LogP contribution < -0.4 is 10.2 Å². The van der Waals surface area contributed by atoms with Crippen LogP contribution in [0.25, 0.3) is 0 Å². The molecule has 0 bridgehead atoms. The Morgan fingerprint density at radius 3 is 2.56 bits per heavy atom. The lowest BCUT2D eigenvalue weighted by atomic mass is 9.90. The van der Waals surface area contributed by atoms with Crippen molar-refractivity contribution in [1.29, 1.82) is 0 Å². The number of nitrogens with one attached hydrogen (secondary N) is 1. The Bertz CT molecular complexity index is 400. The predicted molar refractivity (Wildman–Crippen MR) is 80.2 cm³/mol. The summed E-state index contributed by atoms with van der Waals surface area (Å²) in [4.78, 5) is 6.86. The Kier molecular flexibility index (Phi) is 4.62. The van der Waals surface area contributed by atoms with Gasteiger partial charge in [-0.3, -0.25) is 0 Å². The van der Waals surface area contributed by atoms with Crippen molar-refractivity contribution in [2.24, 2.45) is 0 Å². The second-order valence-electron chi connectivity index (χ2n) is 5.20.